The number of benzene rings is 1. The molecular formula is C24H30ClFN4O3S. The molecule has 0 amide bonds. The van der Waals surface area contributed by atoms with E-state index in [9.17, 15) is 14.0 Å². The third-order valence-electron chi connectivity index (χ3n) is 6.06. The van der Waals surface area contributed by atoms with Gasteiger partial charge in [0.2, 0.25) is 0 Å². The number of thiol groups is 1. The van der Waals surface area contributed by atoms with E-state index in [0.717, 1.165) is 24.8 Å². The predicted molar refractivity (Wildman–Crippen MR) is 132 cm³/mol. The van der Waals surface area contributed by atoms with Gasteiger partial charge in [0.15, 0.2) is 5.78 Å². The molecule has 1 aromatic carbocycles. The molecule has 2 atom stereocenters. The Morgan fingerprint density at radius 1 is 1.29 bits per heavy atom. The first kappa shape index (κ1) is 26.4. The van der Waals surface area contributed by atoms with Crippen molar-refractivity contribution in [1.82, 2.24) is 19.9 Å². The molecule has 1 aromatic heterocycles. The summed E-state index contributed by atoms with van der Waals surface area (Å²) >= 11 is 4.74. The lowest BCUT2D eigenvalue weighted by molar-refractivity contribution is -0.143. The molecule has 7 nitrogen and oxygen atoms in total. The van der Waals surface area contributed by atoms with Gasteiger partial charge >= 0.3 is 5.97 Å². The van der Waals surface area contributed by atoms with Crippen LogP contribution in [0, 0.1) is 11.7 Å². The van der Waals surface area contributed by atoms with E-state index >= 15 is 0 Å². The molecule has 0 spiro atoms. The zero-order chi connectivity index (χ0) is 23.4. The standard InChI is InChI=1S/C24H29FN4O3S.ClH/c1-2-32-22(30)10-12-29-15-18(26-27-29)13-17-14-28(11-9-21(17)33)23(24(31)16-7-8-16)19-5-3-4-6-20(19)25;/h3-6,13,15-16,21,23,33H,2,7-12,14H2,1H3;1H/b17-13-;. The molecule has 0 bridgehead atoms. The second-order valence-corrected chi connectivity index (χ2v) is 9.18. The first-order valence-electron chi connectivity index (χ1n) is 11.4. The molecule has 1 saturated heterocycles. The number of hydrogen-bond acceptors (Lipinski definition) is 7. The second-order valence-electron chi connectivity index (χ2n) is 8.56. The molecule has 10 heteroatoms. The lowest BCUT2D eigenvalue weighted by Crippen LogP contribution is -2.42. The monoisotopic (exact) mass is 508 g/mol. The number of esters is 1. The van der Waals surface area contributed by atoms with E-state index in [0.29, 0.717) is 37.5 Å². The van der Waals surface area contributed by atoms with Crippen LogP contribution in [0.3, 0.4) is 0 Å². The van der Waals surface area contributed by atoms with Crippen molar-refractivity contribution in [3.8, 4) is 0 Å². The van der Waals surface area contributed by atoms with E-state index in [1.54, 1.807) is 36.0 Å². The summed E-state index contributed by atoms with van der Waals surface area (Å²) < 4.78 is 21.2. The van der Waals surface area contributed by atoms with Crippen molar-refractivity contribution in [1.29, 1.82) is 0 Å². The van der Waals surface area contributed by atoms with Crippen LogP contribution in [-0.4, -0.2) is 56.6 Å². The fourth-order valence-electron chi connectivity index (χ4n) is 4.19. The SMILES string of the molecule is CCOC(=O)CCn1cc(/C=C2/CN(C(C(=O)C3CC3)c3ccccc3F)CCC2S)nn1.Cl. The predicted octanol–water partition coefficient (Wildman–Crippen LogP) is 3.90. The lowest BCUT2D eigenvalue weighted by Gasteiger charge is -2.37. The Kier molecular flexibility index (Phi) is 9.27. The number of ketones is 1. The van der Waals surface area contributed by atoms with E-state index in [2.05, 4.69) is 15.2 Å². The van der Waals surface area contributed by atoms with Gasteiger partial charge in [-0.15, -0.1) is 17.5 Å². The van der Waals surface area contributed by atoms with Crippen LogP contribution in [0.5, 0.6) is 0 Å². The van der Waals surface area contributed by atoms with Gasteiger partial charge < -0.3 is 4.74 Å². The molecule has 184 valence electrons. The van der Waals surface area contributed by atoms with Crippen LogP contribution in [0.1, 0.15) is 49.9 Å². The van der Waals surface area contributed by atoms with Gasteiger partial charge in [-0.3, -0.25) is 19.2 Å². The Morgan fingerprint density at radius 2 is 2.06 bits per heavy atom. The van der Waals surface area contributed by atoms with Gasteiger partial charge in [0.1, 0.15) is 11.5 Å². The quantitative estimate of drug-likeness (QED) is 0.409. The van der Waals surface area contributed by atoms with Gasteiger partial charge in [-0.05, 0) is 43.9 Å². The fraction of sp³-hybridized carbons (Fsp3) is 0.500. The minimum Gasteiger partial charge on any atom is -0.466 e. The number of Topliss-reactive ketones (excluding diaryl/α,β-unsaturated/α-hetero) is 1. The van der Waals surface area contributed by atoms with Crippen LogP contribution in [0.15, 0.2) is 36.0 Å². The summed E-state index contributed by atoms with van der Waals surface area (Å²) in [5, 5.41) is 8.29. The first-order chi connectivity index (χ1) is 16.0. The van der Waals surface area contributed by atoms with E-state index in [4.69, 9.17) is 17.4 Å². The van der Waals surface area contributed by atoms with Crippen molar-refractivity contribution >= 4 is 42.9 Å². The number of nitrogens with zero attached hydrogens (tertiary/aromatic N) is 4. The number of aryl methyl sites for hydroxylation is 1. The maximum atomic E-state index is 14.7. The first-order valence-corrected chi connectivity index (χ1v) is 11.9. The van der Waals surface area contributed by atoms with Crippen molar-refractivity contribution in [2.45, 2.75) is 50.4 Å². The van der Waals surface area contributed by atoms with Gasteiger partial charge in [-0.25, -0.2) is 4.39 Å². The van der Waals surface area contributed by atoms with Crippen LogP contribution in [0.2, 0.25) is 0 Å². The molecular weight excluding hydrogens is 479 g/mol. The number of rotatable bonds is 9. The van der Waals surface area contributed by atoms with Crippen LogP contribution in [0.4, 0.5) is 4.39 Å². The van der Waals surface area contributed by atoms with Crippen LogP contribution >= 0.6 is 25.0 Å². The topological polar surface area (TPSA) is 77.3 Å². The summed E-state index contributed by atoms with van der Waals surface area (Å²) in [7, 11) is 0. The number of carbonyl (C=O) groups excluding carboxylic acids is 2. The van der Waals surface area contributed by atoms with E-state index < -0.39 is 6.04 Å². The summed E-state index contributed by atoms with van der Waals surface area (Å²) in [5.41, 5.74) is 2.11. The van der Waals surface area contributed by atoms with Crippen LogP contribution in [-0.2, 0) is 20.9 Å². The summed E-state index contributed by atoms with van der Waals surface area (Å²) in [6.45, 7) is 3.67. The van der Waals surface area contributed by atoms with E-state index in [1.165, 1.54) is 6.07 Å². The second kappa shape index (κ2) is 12.0. The minimum atomic E-state index is -0.594. The zero-order valence-electron chi connectivity index (χ0n) is 19.1. The van der Waals surface area contributed by atoms with Crippen molar-refractivity contribution in [3.05, 3.63) is 53.1 Å². The highest BCUT2D eigenvalue weighted by molar-refractivity contribution is 7.81. The Bertz CT molecular complexity index is 1040. The summed E-state index contributed by atoms with van der Waals surface area (Å²) in [4.78, 5) is 26.8. The number of halogens is 2. The number of ether oxygens (including phenoxy) is 1. The minimum absolute atomic E-state index is 0. The molecule has 2 heterocycles. The molecule has 2 fully saturated rings. The van der Waals surface area contributed by atoms with Gasteiger partial charge in [-0.1, -0.05) is 23.4 Å². The molecule has 1 aliphatic carbocycles. The Hall–Kier alpha value is -2.23. The van der Waals surface area contributed by atoms with E-state index in [1.807, 2.05) is 6.08 Å². The highest BCUT2D eigenvalue weighted by Gasteiger charge is 2.40. The highest BCUT2D eigenvalue weighted by atomic mass is 35.5. The Labute approximate surface area is 210 Å². The number of piperidine rings is 1. The maximum absolute atomic E-state index is 14.7. The summed E-state index contributed by atoms with van der Waals surface area (Å²) in [6.07, 6.45) is 6.43. The summed E-state index contributed by atoms with van der Waals surface area (Å²) in [6, 6.07) is 5.96. The molecule has 2 aliphatic rings. The Morgan fingerprint density at radius 3 is 2.76 bits per heavy atom. The van der Waals surface area contributed by atoms with E-state index in [-0.39, 0.29) is 47.6 Å². The molecule has 1 aliphatic heterocycles. The number of carbonyl (C=O) groups is 2. The third kappa shape index (κ3) is 6.46. The van der Waals surface area contributed by atoms with Crippen molar-refractivity contribution in [3.63, 3.8) is 0 Å². The largest absolute Gasteiger partial charge is 0.466 e. The number of likely N-dealkylation sites (tertiary alicyclic amines) is 1. The highest BCUT2D eigenvalue weighted by Crippen LogP contribution is 2.39. The van der Waals surface area contributed by atoms with Crippen LogP contribution in [0.25, 0.3) is 6.08 Å². The molecule has 2 unspecified atom stereocenters. The average molecular weight is 509 g/mol. The fourth-order valence-corrected chi connectivity index (χ4v) is 4.46. The number of aromatic nitrogens is 3. The molecule has 1 saturated carbocycles. The normalized spacial score (nSPS) is 20.6. The smallest absolute Gasteiger partial charge is 0.307 e. The Balaban J connectivity index is 0.00000324. The number of hydrogen-bond donors (Lipinski definition) is 1. The van der Waals surface area contributed by atoms with Crippen molar-refractivity contribution < 1.29 is 18.7 Å². The third-order valence-corrected chi connectivity index (χ3v) is 6.65. The average Bonchev–Trinajstić information content (AvgIpc) is 3.56. The molecule has 0 radical (unpaired) electrons. The maximum Gasteiger partial charge on any atom is 0.307 e. The van der Waals surface area contributed by atoms with Crippen molar-refractivity contribution in [2.24, 2.45) is 5.92 Å². The van der Waals surface area contributed by atoms with Gasteiger partial charge in [0, 0.05) is 29.8 Å². The lowest BCUT2D eigenvalue weighted by atomic mass is 9.93. The molecule has 2 aromatic rings. The van der Waals surface area contributed by atoms with Crippen molar-refractivity contribution in [2.75, 3.05) is 19.7 Å². The van der Waals surface area contributed by atoms with Gasteiger partial charge in [-0.2, -0.15) is 12.6 Å². The molecule has 4 rings (SSSR count). The van der Waals surface area contributed by atoms with Gasteiger partial charge in [0.05, 0.1) is 31.8 Å². The molecule has 0 N–H and O–H groups in total. The molecule has 34 heavy (non-hydrogen) atoms. The van der Waals surface area contributed by atoms with Gasteiger partial charge in [0.25, 0.3) is 0 Å². The zero-order valence-corrected chi connectivity index (χ0v) is 20.8. The van der Waals surface area contributed by atoms with Crippen LogP contribution < -0.4 is 0 Å². The summed E-state index contributed by atoms with van der Waals surface area (Å²) in [5.74, 6) is -0.498.